The molecule has 0 aromatic rings. The summed E-state index contributed by atoms with van der Waals surface area (Å²) in [5.74, 6) is 1.17. The van der Waals surface area contributed by atoms with Gasteiger partial charge in [-0.25, -0.2) is 0 Å². The standard InChI is InChI=1S/C13H26N2O2S/c1-4-13(2)6-11-18-12(15-13)14-7-5-8-17-10-9-16-3/h4-11H2,1-3H3,(H,14,15). The Labute approximate surface area is 115 Å². The molecule has 0 radical (unpaired) electrons. The van der Waals surface area contributed by atoms with Gasteiger partial charge in [-0.2, -0.15) is 0 Å². The molecule has 0 aliphatic carbocycles. The minimum absolute atomic E-state index is 0.235. The van der Waals surface area contributed by atoms with Crippen molar-refractivity contribution in [1.82, 2.24) is 5.32 Å². The third-order valence-corrected chi connectivity index (χ3v) is 4.13. The van der Waals surface area contributed by atoms with E-state index in [1.54, 1.807) is 7.11 Å². The van der Waals surface area contributed by atoms with E-state index in [-0.39, 0.29) is 5.54 Å². The Kier molecular flexibility index (Phi) is 7.70. The average molecular weight is 274 g/mol. The van der Waals surface area contributed by atoms with E-state index in [9.17, 15) is 0 Å². The van der Waals surface area contributed by atoms with Crippen LogP contribution in [0.4, 0.5) is 0 Å². The van der Waals surface area contributed by atoms with Gasteiger partial charge >= 0.3 is 0 Å². The highest BCUT2D eigenvalue weighted by atomic mass is 32.2. The largest absolute Gasteiger partial charge is 0.382 e. The summed E-state index contributed by atoms with van der Waals surface area (Å²) in [6, 6.07) is 0. The van der Waals surface area contributed by atoms with Crippen molar-refractivity contribution in [3.05, 3.63) is 0 Å². The maximum atomic E-state index is 5.40. The molecule has 5 heteroatoms. The number of nitrogens with one attached hydrogen (secondary N) is 1. The lowest BCUT2D eigenvalue weighted by Gasteiger charge is -2.35. The molecular formula is C13H26N2O2S. The van der Waals surface area contributed by atoms with Crippen molar-refractivity contribution in [2.45, 2.75) is 38.6 Å². The van der Waals surface area contributed by atoms with E-state index >= 15 is 0 Å². The molecule has 18 heavy (non-hydrogen) atoms. The second-order valence-electron chi connectivity index (χ2n) is 4.78. The summed E-state index contributed by atoms with van der Waals surface area (Å²) in [4.78, 5) is 4.60. The van der Waals surface area contributed by atoms with E-state index in [4.69, 9.17) is 9.47 Å². The van der Waals surface area contributed by atoms with Crippen molar-refractivity contribution in [3.63, 3.8) is 0 Å². The highest BCUT2D eigenvalue weighted by Gasteiger charge is 2.27. The van der Waals surface area contributed by atoms with Crippen molar-refractivity contribution >= 4 is 16.9 Å². The molecular weight excluding hydrogens is 248 g/mol. The lowest BCUT2D eigenvalue weighted by Crippen LogP contribution is -2.48. The maximum absolute atomic E-state index is 5.40. The van der Waals surface area contributed by atoms with Gasteiger partial charge in [0.05, 0.1) is 13.2 Å². The number of hydrogen-bond donors (Lipinski definition) is 1. The van der Waals surface area contributed by atoms with Crippen LogP contribution in [-0.2, 0) is 9.47 Å². The summed E-state index contributed by atoms with van der Waals surface area (Å²) < 4.78 is 10.3. The van der Waals surface area contributed by atoms with E-state index in [0.717, 1.165) is 31.2 Å². The van der Waals surface area contributed by atoms with E-state index in [1.165, 1.54) is 12.2 Å². The van der Waals surface area contributed by atoms with Crippen LogP contribution in [0.2, 0.25) is 0 Å². The average Bonchev–Trinajstić information content (AvgIpc) is 2.38. The molecule has 0 saturated carbocycles. The van der Waals surface area contributed by atoms with E-state index < -0.39 is 0 Å². The second-order valence-corrected chi connectivity index (χ2v) is 5.87. The summed E-state index contributed by atoms with van der Waals surface area (Å²) in [5, 5.41) is 4.64. The SMILES string of the molecule is CCC1(C)CCSC(=NCCCOCCOC)N1. The van der Waals surface area contributed by atoms with Crippen molar-refractivity contribution in [3.8, 4) is 0 Å². The van der Waals surface area contributed by atoms with Gasteiger partial charge in [0.1, 0.15) is 0 Å². The van der Waals surface area contributed by atoms with Crippen LogP contribution in [0, 0.1) is 0 Å². The monoisotopic (exact) mass is 274 g/mol. The van der Waals surface area contributed by atoms with Crippen LogP contribution in [0.5, 0.6) is 0 Å². The minimum atomic E-state index is 0.235. The number of aliphatic imine (C=N–C) groups is 1. The predicted octanol–water partition coefficient (Wildman–Crippen LogP) is 2.29. The van der Waals surface area contributed by atoms with Crippen molar-refractivity contribution in [2.75, 3.05) is 39.2 Å². The van der Waals surface area contributed by atoms with Crippen molar-refractivity contribution in [1.29, 1.82) is 0 Å². The molecule has 0 bridgehead atoms. The van der Waals surface area contributed by atoms with Gasteiger partial charge in [0.25, 0.3) is 0 Å². The van der Waals surface area contributed by atoms with E-state index in [2.05, 4.69) is 24.2 Å². The quantitative estimate of drug-likeness (QED) is 0.690. The lowest BCUT2D eigenvalue weighted by molar-refractivity contribution is 0.0702. The molecule has 1 heterocycles. The summed E-state index contributed by atoms with van der Waals surface area (Å²) in [6.45, 7) is 7.44. The molecule has 0 amide bonds. The summed E-state index contributed by atoms with van der Waals surface area (Å²) in [5.41, 5.74) is 0.235. The molecule has 1 fully saturated rings. The van der Waals surface area contributed by atoms with Gasteiger partial charge in [0.15, 0.2) is 5.17 Å². The highest BCUT2D eigenvalue weighted by molar-refractivity contribution is 8.13. The molecule has 1 unspecified atom stereocenters. The Morgan fingerprint density at radius 3 is 2.94 bits per heavy atom. The smallest absolute Gasteiger partial charge is 0.156 e. The summed E-state index contributed by atoms with van der Waals surface area (Å²) in [7, 11) is 1.69. The molecule has 1 aliphatic heterocycles. The number of methoxy groups -OCH3 is 1. The second kappa shape index (κ2) is 8.77. The Bertz CT molecular complexity index is 261. The van der Waals surface area contributed by atoms with Crippen LogP contribution in [0.3, 0.4) is 0 Å². The molecule has 106 valence electrons. The third kappa shape index (κ3) is 6.07. The minimum Gasteiger partial charge on any atom is -0.382 e. The number of amidine groups is 1. The van der Waals surface area contributed by atoms with Gasteiger partial charge in [-0.05, 0) is 26.2 Å². The molecule has 1 saturated heterocycles. The fourth-order valence-corrected chi connectivity index (χ4v) is 2.92. The van der Waals surface area contributed by atoms with Crippen LogP contribution >= 0.6 is 11.8 Å². The molecule has 1 N–H and O–H groups in total. The fraction of sp³-hybridized carbons (Fsp3) is 0.923. The van der Waals surface area contributed by atoms with Crippen LogP contribution in [0.25, 0.3) is 0 Å². The van der Waals surface area contributed by atoms with Gasteiger partial charge in [-0.3, -0.25) is 4.99 Å². The molecule has 1 atom stereocenters. The summed E-state index contributed by atoms with van der Waals surface area (Å²) >= 11 is 1.83. The van der Waals surface area contributed by atoms with Crippen LogP contribution in [0.1, 0.15) is 33.1 Å². The number of rotatable bonds is 8. The Morgan fingerprint density at radius 2 is 2.22 bits per heavy atom. The molecule has 1 rings (SSSR count). The topological polar surface area (TPSA) is 42.9 Å². The first-order valence-corrected chi connectivity index (χ1v) is 7.71. The fourth-order valence-electron chi connectivity index (χ4n) is 1.67. The van der Waals surface area contributed by atoms with Crippen LogP contribution < -0.4 is 5.32 Å². The Hall–Kier alpha value is -0.260. The van der Waals surface area contributed by atoms with Crippen molar-refractivity contribution in [2.24, 2.45) is 4.99 Å². The molecule has 4 nitrogen and oxygen atoms in total. The first-order valence-electron chi connectivity index (χ1n) is 6.72. The molecule has 1 aliphatic rings. The van der Waals surface area contributed by atoms with Gasteiger partial charge in [-0.15, -0.1) is 0 Å². The van der Waals surface area contributed by atoms with Crippen LogP contribution in [-0.4, -0.2) is 49.9 Å². The lowest BCUT2D eigenvalue weighted by atomic mass is 9.96. The van der Waals surface area contributed by atoms with Gasteiger partial charge in [0, 0.05) is 31.6 Å². The Balaban J connectivity index is 2.14. The molecule has 0 aromatic carbocycles. The van der Waals surface area contributed by atoms with Crippen molar-refractivity contribution < 1.29 is 9.47 Å². The van der Waals surface area contributed by atoms with E-state index in [1.807, 2.05) is 11.8 Å². The first kappa shape index (κ1) is 15.8. The zero-order valence-corrected chi connectivity index (χ0v) is 12.6. The number of hydrogen-bond acceptors (Lipinski definition) is 4. The molecule has 0 aromatic heterocycles. The Morgan fingerprint density at radius 1 is 1.39 bits per heavy atom. The first-order chi connectivity index (χ1) is 8.70. The van der Waals surface area contributed by atoms with Gasteiger partial charge in [0.2, 0.25) is 0 Å². The van der Waals surface area contributed by atoms with Gasteiger partial charge < -0.3 is 14.8 Å². The zero-order chi connectivity index (χ0) is 13.3. The number of ether oxygens (including phenoxy) is 2. The summed E-state index contributed by atoms with van der Waals surface area (Å²) in [6.07, 6.45) is 3.33. The maximum Gasteiger partial charge on any atom is 0.156 e. The predicted molar refractivity (Wildman–Crippen MR) is 78.5 cm³/mol. The normalized spacial score (nSPS) is 26.3. The van der Waals surface area contributed by atoms with Crippen LogP contribution in [0.15, 0.2) is 4.99 Å². The zero-order valence-electron chi connectivity index (χ0n) is 11.8. The number of thioether (sulfide) groups is 1. The van der Waals surface area contributed by atoms with E-state index in [0.29, 0.717) is 13.2 Å². The molecule has 0 spiro atoms. The highest BCUT2D eigenvalue weighted by Crippen LogP contribution is 2.24. The third-order valence-electron chi connectivity index (χ3n) is 3.22. The number of nitrogens with zero attached hydrogens (tertiary/aromatic N) is 1. The van der Waals surface area contributed by atoms with Gasteiger partial charge in [-0.1, -0.05) is 18.7 Å².